The van der Waals surface area contributed by atoms with Crippen LogP contribution in [0.2, 0.25) is 5.02 Å². The average Bonchev–Trinajstić information content (AvgIpc) is 3.23. The van der Waals surface area contributed by atoms with Gasteiger partial charge in [-0.1, -0.05) is 17.7 Å². The van der Waals surface area contributed by atoms with Gasteiger partial charge in [0, 0.05) is 44.3 Å². The molecule has 1 aliphatic rings. The molecule has 2 heterocycles. The topological polar surface area (TPSA) is 61.9 Å². The largest absolute Gasteiger partial charge is 0.496 e. The van der Waals surface area contributed by atoms with Crippen LogP contribution in [-0.2, 0) is 0 Å². The number of thiophene rings is 1. The highest BCUT2D eigenvalue weighted by molar-refractivity contribution is 7.12. The van der Waals surface area contributed by atoms with Crippen LogP contribution < -0.4 is 10.1 Å². The molecule has 0 saturated carbocycles. The maximum atomic E-state index is 12.8. The third kappa shape index (κ3) is 5.00. The number of piperazine rings is 1. The van der Waals surface area contributed by atoms with Crippen LogP contribution >= 0.6 is 22.9 Å². The number of methoxy groups -OCH3 is 1. The lowest BCUT2D eigenvalue weighted by Gasteiger charge is -2.35. The number of ether oxygens (including phenoxy) is 1. The Balaban J connectivity index is 1.47. The van der Waals surface area contributed by atoms with E-state index in [9.17, 15) is 9.59 Å². The Hall–Kier alpha value is -2.09. The third-order valence-electron chi connectivity index (χ3n) is 4.51. The number of halogens is 1. The molecule has 1 saturated heterocycles. The lowest BCUT2D eigenvalue weighted by Crippen LogP contribution is -2.50. The van der Waals surface area contributed by atoms with E-state index in [0.717, 1.165) is 24.5 Å². The zero-order chi connectivity index (χ0) is 19.2. The van der Waals surface area contributed by atoms with Gasteiger partial charge >= 0.3 is 0 Å². The molecule has 0 aliphatic carbocycles. The van der Waals surface area contributed by atoms with Crippen molar-refractivity contribution in [3.05, 3.63) is 51.2 Å². The summed E-state index contributed by atoms with van der Waals surface area (Å²) in [6, 6.07) is 8.75. The zero-order valence-corrected chi connectivity index (χ0v) is 16.7. The van der Waals surface area contributed by atoms with Crippen LogP contribution in [0.3, 0.4) is 0 Å². The second kappa shape index (κ2) is 9.21. The highest BCUT2D eigenvalue weighted by Gasteiger charge is 2.24. The lowest BCUT2D eigenvalue weighted by atomic mass is 10.1. The summed E-state index contributed by atoms with van der Waals surface area (Å²) in [6.45, 7) is 4.15. The van der Waals surface area contributed by atoms with E-state index in [2.05, 4.69) is 10.2 Å². The van der Waals surface area contributed by atoms with Crippen LogP contribution in [0.25, 0.3) is 0 Å². The molecule has 0 bridgehead atoms. The monoisotopic (exact) mass is 407 g/mol. The molecule has 6 nitrogen and oxygen atoms in total. The van der Waals surface area contributed by atoms with Crippen LogP contribution in [0.1, 0.15) is 20.0 Å². The van der Waals surface area contributed by atoms with Crippen LogP contribution in [0, 0.1) is 0 Å². The highest BCUT2D eigenvalue weighted by atomic mass is 35.5. The molecule has 1 aliphatic heterocycles. The van der Waals surface area contributed by atoms with E-state index in [1.807, 2.05) is 22.4 Å². The van der Waals surface area contributed by atoms with Crippen molar-refractivity contribution in [3.63, 3.8) is 0 Å². The number of nitrogens with one attached hydrogen (secondary N) is 1. The molecule has 1 fully saturated rings. The van der Waals surface area contributed by atoms with Crippen molar-refractivity contribution in [2.24, 2.45) is 0 Å². The number of carbonyl (C=O) groups is 2. The molecule has 0 radical (unpaired) electrons. The quantitative estimate of drug-likeness (QED) is 0.799. The van der Waals surface area contributed by atoms with Crippen molar-refractivity contribution in [1.29, 1.82) is 0 Å². The summed E-state index contributed by atoms with van der Waals surface area (Å²) in [7, 11) is 1.54. The van der Waals surface area contributed by atoms with Gasteiger partial charge in [-0.05, 0) is 29.6 Å². The molecule has 2 amide bonds. The van der Waals surface area contributed by atoms with E-state index in [1.54, 1.807) is 25.3 Å². The summed E-state index contributed by atoms with van der Waals surface area (Å²) in [4.78, 5) is 29.5. The van der Waals surface area contributed by atoms with Crippen LogP contribution in [0.5, 0.6) is 5.75 Å². The smallest absolute Gasteiger partial charge is 0.261 e. The summed E-state index contributed by atoms with van der Waals surface area (Å²) in [5, 5.41) is 5.33. The summed E-state index contributed by atoms with van der Waals surface area (Å²) < 4.78 is 5.28. The summed E-state index contributed by atoms with van der Waals surface area (Å²) in [5.41, 5.74) is 0.488. The molecular weight excluding hydrogens is 386 g/mol. The summed E-state index contributed by atoms with van der Waals surface area (Å²) in [5.74, 6) is 0.426. The van der Waals surface area contributed by atoms with Gasteiger partial charge < -0.3 is 15.0 Å². The molecule has 144 valence electrons. The molecule has 1 aromatic heterocycles. The molecule has 27 heavy (non-hydrogen) atoms. The SMILES string of the molecule is COc1ccc(Cl)cc1C(=O)N1CCN(CCNC(=O)c2cccs2)CC1. The van der Waals surface area contributed by atoms with E-state index in [1.165, 1.54) is 11.3 Å². The van der Waals surface area contributed by atoms with E-state index >= 15 is 0 Å². The first-order valence-corrected chi connectivity index (χ1v) is 10.0. The number of amides is 2. The molecule has 0 spiro atoms. The standard InChI is InChI=1S/C19H22ClN3O3S/c1-26-16-5-4-14(20)13-15(16)19(25)23-10-8-22(9-11-23)7-6-21-18(24)17-3-2-12-27-17/h2-5,12-13H,6-11H2,1H3,(H,21,24). The molecule has 0 unspecified atom stereocenters. The Morgan fingerprint density at radius 2 is 2.00 bits per heavy atom. The maximum Gasteiger partial charge on any atom is 0.261 e. The van der Waals surface area contributed by atoms with Crippen molar-refractivity contribution in [2.75, 3.05) is 46.4 Å². The van der Waals surface area contributed by atoms with Crippen molar-refractivity contribution in [2.45, 2.75) is 0 Å². The molecule has 8 heteroatoms. The minimum atomic E-state index is -0.0694. The van der Waals surface area contributed by atoms with E-state index in [4.69, 9.17) is 16.3 Å². The number of benzene rings is 1. The number of hydrogen-bond acceptors (Lipinski definition) is 5. The van der Waals surface area contributed by atoms with Crippen LogP contribution in [0.4, 0.5) is 0 Å². The van der Waals surface area contributed by atoms with Gasteiger partial charge in [-0.25, -0.2) is 0 Å². The summed E-state index contributed by atoms with van der Waals surface area (Å²) >= 11 is 7.46. The minimum Gasteiger partial charge on any atom is -0.496 e. The molecule has 1 aromatic carbocycles. The van der Waals surface area contributed by atoms with Gasteiger partial charge in [-0.15, -0.1) is 11.3 Å². The number of nitrogens with zero attached hydrogens (tertiary/aromatic N) is 2. The van der Waals surface area contributed by atoms with E-state index < -0.39 is 0 Å². The third-order valence-corrected chi connectivity index (χ3v) is 5.61. The van der Waals surface area contributed by atoms with Gasteiger partial charge in [0.25, 0.3) is 11.8 Å². The fourth-order valence-electron chi connectivity index (χ4n) is 3.01. The maximum absolute atomic E-state index is 12.8. The van der Waals surface area contributed by atoms with Gasteiger partial charge in [0.05, 0.1) is 17.6 Å². The second-order valence-corrected chi connectivity index (χ2v) is 7.60. The highest BCUT2D eigenvalue weighted by Crippen LogP contribution is 2.24. The minimum absolute atomic E-state index is 0.0353. The Labute approximate surface area is 167 Å². The van der Waals surface area contributed by atoms with Crippen LogP contribution in [-0.4, -0.2) is 68.0 Å². The predicted molar refractivity (Wildman–Crippen MR) is 107 cm³/mol. The Bertz CT molecular complexity index is 790. The van der Waals surface area contributed by atoms with Gasteiger partial charge in [0.1, 0.15) is 5.75 Å². The van der Waals surface area contributed by atoms with E-state index in [-0.39, 0.29) is 11.8 Å². The Morgan fingerprint density at radius 3 is 2.67 bits per heavy atom. The molecule has 1 N–H and O–H groups in total. The van der Waals surface area contributed by atoms with Gasteiger partial charge in [0.15, 0.2) is 0 Å². The fourth-order valence-corrected chi connectivity index (χ4v) is 3.83. The number of hydrogen-bond donors (Lipinski definition) is 1. The lowest BCUT2D eigenvalue weighted by molar-refractivity contribution is 0.0635. The number of rotatable bonds is 6. The van der Waals surface area contributed by atoms with Crippen LogP contribution in [0.15, 0.2) is 35.7 Å². The predicted octanol–water partition coefficient (Wildman–Crippen LogP) is 2.60. The normalized spacial score (nSPS) is 14.8. The van der Waals surface area contributed by atoms with Crippen molar-refractivity contribution < 1.29 is 14.3 Å². The molecule has 3 rings (SSSR count). The summed E-state index contributed by atoms with van der Waals surface area (Å²) in [6.07, 6.45) is 0. The van der Waals surface area contributed by atoms with Crippen molar-refractivity contribution in [1.82, 2.24) is 15.1 Å². The van der Waals surface area contributed by atoms with Gasteiger partial charge in [0.2, 0.25) is 0 Å². The second-order valence-electron chi connectivity index (χ2n) is 6.21. The first kappa shape index (κ1) is 19.7. The molecular formula is C19H22ClN3O3S. The zero-order valence-electron chi connectivity index (χ0n) is 15.1. The Kier molecular flexibility index (Phi) is 6.71. The Morgan fingerprint density at radius 1 is 1.22 bits per heavy atom. The van der Waals surface area contributed by atoms with E-state index in [0.29, 0.717) is 36.0 Å². The fraction of sp³-hybridized carbons (Fsp3) is 0.368. The average molecular weight is 408 g/mol. The first-order valence-electron chi connectivity index (χ1n) is 8.75. The van der Waals surface area contributed by atoms with Gasteiger partial charge in [-0.2, -0.15) is 0 Å². The first-order chi connectivity index (χ1) is 13.1. The molecule has 0 atom stereocenters. The van der Waals surface area contributed by atoms with Crippen molar-refractivity contribution >= 4 is 34.8 Å². The van der Waals surface area contributed by atoms with Crippen molar-refractivity contribution in [3.8, 4) is 5.75 Å². The van der Waals surface area contributed by atoms with Gasteiger partial charge in [-0.3, -0.25) is 14.5 Å². The molecule has 2 aromatic rings. The number of carbonyl (C=O) groups excluding carboxylic acids is 2.